The van der Waals surface area contributed by atoms with Crippen LogP contribution in [0, 0.1) is 0 Å². The van der Waals surface area contributed by atoms with E-state index < -0.39 is 10.1 Å². The molecule has 0 saturated carbocycles. The summed E-state index contributed by atoms with van der Waals surface area (Å²) in [5.74, 6) is 0. The molecule has 0 aromatic rings. The number of rotatable bonds is 14. The van der Waals surface area contributed by atoms with Gasteiger partial charge in [0, 0.05) is 0 Å². The van der Waals surface area contributed by atoms with E-state index in [2.05, 4.69) is 6.92 Å². The van der Waals surface area contributed by atoms with Crippen LogP contribution in [0.25, 0.3) is 0 Å². The molecule has 0 aliphatic carbocycles. The summed E-state index contributed by atoms with van der Waals surface area (Å²) in [7, 11) is -3.92. The van der Waals surface area contributed by atoms with Crippen molar-refractivity contribution in [3.05, 3.63) is 11.5 Å². The van der Waals surface area contributed by atoms with Gasteiger partial charge in [0.25, 0.3) is 10.1 Å². The van der Waals surface area contributed by atoms with Crippen LogP contribution in [0.15, 0.2) is 11.5 Å². The van der Waals surface area contributed by atoms with Gasteiger partial charge < -0.3 is 1.43 Å². The molecule has 122 valence electrons. The molecule has 21 heavy (non-hydrogen) atoms. The summed E-state index contributed by atoms with van der Waals surface area (Å²) < 4.78 is 29.3. The Bertz CT molecular complexity index is 332. The van der Waals surface area contributed by atoms with Crippen molar-refractivity contribution in [2.45, 2.75) is 90.4 Å². The van der Waals surface area contributed by atoms with Crippen LogP contribution in [0.5, 0.6) is 0 Å². The molecule has 1 N–H and O–H groups in total. The Kier molecular flexibility index (Phi) is 19.4. The van der Waals surface area contributed by atoms with Crippen molar-refractivity contribution in [2.75, 3.05) is 0 Å². The fraction of sp³-hybridized carbons (Fsp3) is 0.875. The molecule has 0 unspecified atom stereocenters. The average molecular weight is 328 g/mol. The Morgan fingerprint density at radius 1 is 0.810 bits per heavy atom. The van der Waals surface area contributed by atoms with E-state index in [4.69, 9.17) is 4.55 Å². The van der Waals surface area contributed by atoms with Crippen LogP contribution in [-0.2, 0) is 10.1 Å². The minimum absolute atomic E-state index is 0. The van der Waals surface area contributed by atoms with Gasteiger partial charge in [-0.3, -0.25) is 4.55 Å². The first-order valence-corrected chi connectivity index (χ1v) is 9.70. The van der Waals surface area contributed by atoms with E-state index in [0.29, 0.717) is 0 Å². The maximum absolute atomic E-state index is 10.4. The van der Waals surface area contributed by atoms with E-state index >= 15 is 0 Å². The van der Waals surface area contributed by atoms with Gasteiger partial charge >= 0.3 is 29.6 Å². The Morgan fingerprint density at radius 3 is 1.57 bits per heavy atom. The van der Waals surface area contributed by atoms with Gasteiger partial charge in [-0.25, -0.2) is 0 Å². The standard InChI is InChI=1S/C16H32O3S.Na.H/c1-2-3-4-5-6-7-8-9-10-11-12-13-14-15-16-20(17,18)19;;/h15-16H,2-14H2,1H3,(H,17,18,19);;/q;+1;-1. The zero-order valence-corrected chi connectivity index (χ0v) is 16.8. The molecule has 0 rings (SSSR count). The normalized spacial score (nSPS) is 11.7. The van der Waals surface area contributed by atoms with Crippen molar-refractivity contribution in [3.63, 3.8) is 0 Å². The van der Waals surface area contributed by atoms with Gasteiger partial charge in [-0.05, 0) is 12.8 Å². The average Bonchev–Trinajstić information content (AvgIpc) is 2.38. The summed E-state index contributed by atoms with van der Waals surface area (Å²) in [6.45, 7) is 2.25. The van der Waals surface area contributed by atoms with Crippen LogP contribution in [0.1, 0.15) is 91.8 Å². The first kappa shape index (κ1) is 23.9. The number of hydrogen-bond donors (Lipinski definition) is 1. The molecule has 0 fully saturated rings. The molecule has 0 aromatic heterocycles. The summed E-state index contributed by atoms with van der Waals surface area (Å²) in [4.78, 5) is 0. The largest absolute Gasteiger partial charge is 1.00 e. The van der Waals surface area contributed by atoms with Crippen molar-refractivity contribution >= 4 is 10.1 Å². The summed E-state index contributed by atoms with van der Waals surface area (Å²) in [5.41, 5.74) is 0. The van der Waals surface area contributed by atoms with E-state index in [9.17, 15) is 8.42 Å². The summed E-state index contributed by atoms with van der Waals surface area (Å²) >= 11 is 0. The van der Waals surface area contributed by atoms with Gasteiger partial charge in [-0.15, -0.1) is 0 Å². The van der Waals surface area contributed by atoms with Crippen LogP contribution < -0.4 is 29.6 Å². The molecule has 0 amide bonds. The third kappa shape index (κ3) is 23.1. The van der Waals surface area contributed by atoms with Crippen molar-refractivity contribution in [2.24, 2.45) is 0 Å². The minimum Gasteiger partial charge on any atom is -1.00 e. The van der Waals surface area contributed by atoms with Crippen molar-refractivity contribution in [1.82, 2.24) is 0 Å². The van der Waals surface area contributed by atoms with E-state index in [-0.39, 0.29) is 31.0 Å². The van der Waals surface area contributed by atoms with Crippen molar-refractivity contribution < 1.29 is 44.0 Å². The Balaban J connectivity index is -0.00000180. The van der Waals surface area contributed by atoms with Crippen LogP contribution in [0.4, 0.5) is 0 Å². The van der Waals surface area contributed by atoms with Gasteiger partial charge in [-0.2, -0.15) is 8.42 Å². The van der Waals surface area contributed by atoms with Crippen LogP contribution in [0.2, 0.25) is 0 Å². The third-order valence-corrected chi connectivity index (χ3v) is 4.03. The molecule has 0 atom stereocenters. The first-order valence-electron chi connectivity index (χ1n) is 8.20. The molecule has 0 heterocycles. The number of allylic oxidation sites excluding steroid dienone is 1. The van der Waals surface area contributed by atoms with Gasteiger partial charge in [0.1, 0.15) is 0 Å². The van der Waals surface area contributed by atoms with E-state index in [1.807, 2.05) is 0 Å². The van der Waals surface area contributed by atoms with E-state index in [0.717, 1.165) is 24.7 Å². The van der Waals surface area contributed by atoms with Gasteiger partial charge in [0.2, 0.25) is 0 Å². The zero-order valence-electron chi connectivity index (χ0n) is 15.0. The fourth-order valence-electron chi connectivity index (χ4n) is 2.29. The molecule has 0 saturated heterocycles. The second kappa shape index (κ2) is 17.0. The molecular formula is C16H33NaO3S. The molecule has 0 spiro atoms. The van der Waals surface area contributed by atoms with Gasteiger partial charge in [0.05, 0.1) is 5.41 Å². The van der Waals surface area contributed by atoms with Crippen molar-refractivity contribution in [1.29, 1.82) is 0 Å². The SMILES string of the molecule is CCCCCCCCCCCCCCC=CS(=O)(=O)O.[H-].[Na+]. The molecular weight excluding hydrogens is 295 g/mol. The molecule has 0 aromatic carbocycles. The molecule has 0 aliphatic heterocycles. The van der Waals surface area contributed by atoms with Crippen LogP contribution in [0.3, 0.4) is 0 Å². The summed E-state index contributed by atoms with van der Waals surface area (Å²) in [5, 5.41) is 0.880. The second-order valence-corrected chi connectivity index (χ2v) is 6.87. The fourth-order valence-corrected chi connectivity index (χ4v) is 2.67. The quantitative estimate of drug-likeness (QED) is 0.303. The maximum Gasteiger partial charge on any atom is 1.00 e. The first-order chi connectivity index (χ1) is 9.56. The van der Waals surface area contributed by atoms with Crippen molar-refractivity contribution in [3.8, 4) is 0 Å². The number of hydrogen-bond acceptors (Lipinski definition) is 2. The number of unbranched alkanes of at least 4 members (excludes halogenated alkanes) is 12. The van der Waals surface area contributed by atoms with E-state index in [1.54, 1.807) is 0 Å². The smallest absolute Gasteiger partial charge is 1.00 e. The maximum atomic E-state index is 10.4. The zero-order chi connectivity index (χ0) is 15.1. The molecule has 5 heteroatoms. The predicted octanol–water partition coefficient (Wildman–Crippen LogP) is 2.60. The third-order valence-electron chi connectivity index (χ3n) is 3.49. The second-order valence-electron chi connectivity index (χ2n) is 5.56. The molecule has 0 bridgehead atoms. The summed E-state index contributed by atoms with van der Waals surface area (Å²) in [6.07, 6.45) is 17.9. The Hall–Kier alpha value is 0.650. The Morgan fingerprint density at radius 2 is 1.19 bits per heavy atom. The molecule has 0 aliphatic rings. The monoisotopic (exact) mass is 328 g/mol. The van der Waals surface area contributed by atoms with Gasteiger partial charge in [0.15, 0.2) is 0 Å². The van der Waals surface area contributed by atoms with Crippen LogP contribution in [-0.4, -0.2) is 13.0 Å². The van der Waals surface area contributed by atoms with Gasteiger partial charge in [-0.1, -0.05) is 83.6 Å². The van der Waals surface area contributed by atoms with Crippen LogP contribution >= 0.6 is 0 Å². The predicted molar refractivity (Wildman–Crippen MR) is 87.5 cm³/mol. The molecule has 0 radical (unpaired) electrons. The topological polar surface area (TPSA) is 54.4 Å². The molecule has 3 nitrogen and oxygen atoms in total. The minimum atomic E-state index is -3.92. The van der Waals surface area contributed by atoms with E-state index in [1.165, 1.54) is 70.3 Å². The Labute approximate surface area is 155 Å². The summed E-state index contributed by atoms with van der Waals surface area (Å²) in [6, 6.07) is 0.